The largest absolute Gasteiger partial charge is 0.463 e. The van der Waals surface area contributed by atoms with Crippen LogP contribution in [0, 0.1) is 0 Å². The van der Waals surface area contributed by atoms with Gasteiger partial charge in [0.2, 0.25) is 6.08 Å². The zero-order valence-electron chi connectivity index (χ0n) is 9.54. The molecule has 1 aliphatic heterocycles. The third-order valence-corrected chi connectivity index (χ3v) is 2.15. The molecule has 94 valence electrons. The Hall–Kier alpha value is -1.72. The first kappa shape index (κ1) is 13.3. The summed E-state index contributed by atoms with van der Waals surface area (Å²) in [4.78, 5) is 35.0. The molecule has 0 bridgehead atoms. The lowest BCUT2D eigenvalue weighted by Gasteiger charge is -2.17. The van der Waals surface area contributed by atoms with Crippen molar-refractivity contribution in [3.8, 4) is 0 Å². The number of rotatable bonds is 4. The monoisotopic (exact) mass is 243 g/mol. The first-order chi connectivity index (χ1) is 8.02. The molecule has 0 radical (unpaired) electrons. The fraction of sp³-hybridized carbons (Fsp3) is 0.700. The number of carbonyl (C=O) groups is 2. The summed E-state index contributed by atoms with van der Waals surface area (Å²) in [5.41, 5.74) is 0. The SMILES string of the molecule is CC(=O)OCC1OC(N=C=O)CC1OC(C)=O. The topological polar surface area (TPSA) is 91.3 Å². The fourth-order valence-electron chi connectivity index (χ4n) is 1.52. The minimum Gasteiger partial charge on any atom is -0.463 e. The third-order valence-electron chi connectivity index (χ3n) is 2.15. The van der Waals surface area contributed by atoms with Gasteiger partial charge in [0, 0.05) is 20.3 Å². The second-order valence-electron chi connectivity index (χ2n) is 3.54. The standard InChI is InChI=1S/C10H13NO6/c1-6(13)15-4-9-8(16-7(2)14)3-10(17-9)11-5-12/h8-10H,3-4H2,1-2H3. The minimum atomic E-state index is -0.711. The molecule has 1 heterocycles. The van der Waals surface area contributed by atoms with E-state index in [4.69, 9.17) is 14.2 Å². The van der Waals surface area contributed by atoms with Gasteiger partial charge in [0.15, 0.2) is 6.23 Å². The van der Waals surface area contributed by atoms with Crippen molar-refractivity contribution in [2.45, 2.75) is 38.7 Å². The summed E-state index contributed by atoms with van der Waals surface area (Å²) < 4.78 is 15.0. The molecule has 3 unspecified atom stereocenters. The van der Waals surface area contributed by atoms with Crippen LogP contribution in [0.5, 0.6) is 0 Å². The number of hydrogen-bond donors (Lipinski definition) is 0. The van der Waals surface area contributed by atoms with E-state index in [1.54, 1.807) is 0 Å². The van der Waals surface area contributed by atoms with Crippen molar-refractivity contribution in [1.82, 2.24) is 0 Å². The van der Waals surface area contributed by atoms with Gasteiger partial charge in [-0.1, -0.05) is 0 Å². The van der Waals surface area contributed by atoms with Crippen molar-refractivity contribution >= 4 is 18.0 Å². The highest BCUT2D eigenvalue weighted by Gasteiger charge is 2.38. The maximum atomic E-state index is 10.9. The summed E-state index contributed by atoms with van der Waals surface area (Å²) in [6.07, 6.45) is -0.271. The van der Waals surface area contributed by atoms with Crippen molar-refractivity contribution in [1.29, 1.82) is 0 Å². The van der Waals surface area contributed by atoms with Crippen LogP contribution < -0.4 is 0 Å². The molecule has 1 saturated heterocycles. The Morgan fingerprint density at radius 3 is 2.65 bits per heavy atom. The Balaban J connectivity index is 2.59. The van der Waals surface area contributed by atoms with Crippen LogP contribution in [0.25, 0.3) is 0 Å². The average Bonchev–Trinajstić information content (AvgIpc) is 2.57. The highest BCUT2D eigenvalue weighted by atomic mass is 16.6. The van der Waals surface area contributed by atoms with E-state index in [-0.39, 0.29) is 13.0 Å². The highest BCUT2D eigenvalue weighted by molar-refractivity contribution is 5.66. The number of ether oxygens (including phenoxy) is 3. The van der Waals surface area contributed by atoms with E-state index in [2.05, 4.69) is 4.99 Å². The van der Waals surface area contributed by atoms with Gasteiger partial charge in [-0.15, -0.1) is 0 Å². The number of nitrogens with zero attached hydrogens (tertiary/aromatic N) is 1. The molecule has 0 aromatic carbocycles. The van der Waals surface area contributed by atoms with Crippen LogP contribution in [0.3, 0.4) is 0 Å². The fourth-order valence-corrected chi connectivity index (χ4v) is 1.52. The van der Waals surface area contributed by atoms with Crippen LogP contribution in [0.15, 0.2) is 4.99 Å². The molecule has 0 saturated carbocycles. The molecule has 1 fully saturated rings. The van der Waals surface area contributed by atoms with Crippen LogP contribution >= 0.6 is 0 Å². The Kier molecular flexibility index (Phi) is 4.81. The maximum absolute atomic E-state index is 10.9. The van der Waals surface area contributed by atoms with Crippen molar-refractivity contribution < 1.29 is 28.6 Å². The van der Waals surface area contributed by atoms with Gasteiger partial charge in [-0.2, -0.15) is 4.99 Å². The van der Waals surface area contributed by atoms with Crippen molar-refractivity contribution in [3.63, 3.8) is 0 Å². The predicted octanol–water partition coefficient (Wildman–Crippen LogP) is -0.0680. The Morgan fingerprint density at radius 2 is 2.12 bits per heavy atom. The molecule has 1 aliphatic rings. The average molecular weight is 243 g/mol. The second-order valence-corrected chi connectivity index (χ2v) is 3.54. The highest BCUT2D eigenvalue weighted by Crippen LogP contribution is 2.24. The molecule has 7 nitrogen and oxygen atoms in total. The molecule has 0 aliphatic carbocycles. The van der Waals surface area contributed by atoms with Crippen LogP contribution in [0.4, 0.5) is 0 Å². The van der Waals surface area contributed by atoms with Gasteiger partial charge in [-0.3, -0.25) is 9.59 Å². The Labute approximate surface area is 97.7 Å². The minimum absolute atomic E-state index is 0.0435. The third kappa shape index (κ3) is 4.34. The number of esters is 2. The van der Waals surface area contributed by atoms with Gasteiger partial charge in [-0.05, 0) is 0 Å². The molecule has 1 rings (SSSR count). The van der Waals surface area contributed by atoms with Gasteiger partial charge in [0.05, 0.1) is 0 Å². The van der Waals surface area contributed by atoms with E-state index in [1.165, 1.54) is 19.9 Å². The first-order valence-corrected chi connectivity index (χ1v) is 5.06. The molecule has 0 aromatic heterocycles. The number of aliphatic imine (C=N–C) groups is 1. The van der Waals surface area contributed by atoms with E-state index in [0.717, 1.165) is 0 Å². The summed E-state index contributed by atoms with van der Waals surface area (Å²) in [5.74, 6) is -0.931. The lowest BCUT2D eigenvalue weighted by Crippen LogP contribution is -2.31. The lowest BCUT2D eigenvalue weighted by atomic mass is 10.2. The van der Waals surface area contributed by atoms with Crippen LogP contribution in [0.1, 0.15) is 20.3 Å². The summed E-state index contributed by atoms with van der Waals surface area (Å²) in [5, 5.41) is 0. The van der Waals surface area contributed by atoms with E-state index < -0.39 is 30.4 Å². The van der Waals surface area contributed by atoms with E-state index in [0.29, 0.717) is 0 Å². The zero-order chi connectivity index (χ0) is 12.8. The van der Waals surface area contributed by atoms with Crippen molar-refractivity contribution in [3.05, 3.63) is 0 Å². The first-order valence-electron chi connectivity index (χ1n) is 5.06. The Morgan fingerprint density at radius 1 is 1.41 bits per heavy atom. The smallest absolute Gasteiger partial charge is 0.303 e. The van der Waals surface area contributed by atoms with Gasteiger partial charge >= 0.3 is 11.9 Å². The maximum Gasteiger partial charge on any atom is 0.303 e. The molecular formula is C10H13NO6. The van der Waals surface area contributed by atoms with E-state index >= 15 is 0 Å². The molecule has 0 amide bonds. The van der Waals surface area contributed by atoms with Gasteiger partial charge in [0.1, 0.15) is 18.8 Å². The van der Waals surface area contributed by atoms with Gasteiger partial charge < -0.3 is 14.2 Å². The molecule has 0 N–H and O–H groups in total. The molecule has 3 atom stereocenters. The second kappa shape index (κ2) is 6.12. The quantitative estimate of drug-likeness (QED) is 0.390. The summed E-state index contributed by atoms with van der Waals surface area (Å²) in [7, 11) is 0. The summed E-state index contributed by atoms with van der Waals surface area (Å²) >= 11 is 0. The normalized spacial score (nSPS) is 27.1. The van der Waals surface area contributed by atoms with E-state index in [9.17, 15) is 14.4 Å². The van der Waals surface area contributed by atoms with Gasteiger partial charge in [0.25, 0.3) is 0 Å². The van der Waals surface area contributed by atoms with Crippen molar-refractivity contribution in [2.24, 2.45) is 4.99 Å². The van der Waals surface area contributed by atoms with E-state index in [1.807, 2.05) is 0 Å². The molecule has 17 heavy (non-hydrogen) atoms. The van der Waals surface area contributed by atoms with Crippen molar-refractivity contribution in [2.75, 3.05) is 6.61 Å². The van der Waals surface area contributed by atoms with Crippen LogP contribution in [-0.2, 0) is 28.6 Å². The lowest BCUT2D eigenvalue weighted by molar-refractivity contribution is -0.154. The number of carbonyl (C=O) groups excluding carboxylic acids is 3. The van der Waals surface area contributed by atoms with Crippen LogP contribution in [-0.4, -0.2) is 43.1 Å². The molecule has 7 heteroatoms. The Bertz CT molecular complexity index is 349. The summed E-state index contributed by atoms with van der Waals surface area (Å²) in [6.45, 7) is 2.48. The molecular weight excluding hydrogens is 230 g/mol. The number of hydrogen-bond acceptors (Lipinski definition) is 7. The zero-order valence-corrected chi connectivity index (χ0v) is 9.54. The molecule has 0 aromatic rings. The van der Waals surface area contributed by atoms with Gasteiger partial charge in [-0.25, -0.2) is 4.79 Å². The molecule has 0 spiro atoms. The summed E-state index contributed by atoms with van der Waals surface area (Å²) in [6, 6.07) is 0. The number of isocyanates is 1. The van der Waals surface area contributed by atoms with Crippen LogP contribution in [0.2, 0.25) is 0 Å². The predicted molar refractivity (Wildman–Crippen MR) is 53.6 cm³/mol.